The summed E-state index contributed by atoms with van der Waals surface area (Å²) in [6, 6.07) is 4.23. The van der Waals surface area contributed by atoms with Crippen LogP contribution in [0.1, 0.15) is 12.0 Å². The predicted molar refractivity (Wildman–Crippen MR) is 57.9 cm³/mol. The third-order valence-corrected chi connectivity index (χ3v) is 2.13. The molecule has 0 fully saturated rings. The van der Waals surface area contributed by atoms with Crippen molar-refractivity contribution >= 4 is 11.7 Å². The van der Waals surface area contributed by atoms with Crippen molar-refractivity contribution in [1.29, 1.82) is 0 Å². The molecule has 0 heterocycles. The molecule has 0 aliphatic heterocycles. The zero-order valence-electron chi connectivity index (χ0n) is 8.90. The van der Waals surface area contributed by atoms with Crippen molar-refractivity contribution in [2.75, 3.05) is 11.9 Å². The third kappa shape index (κ3) is 3.86. The lowest BCUT2D eigenvalue weighted by Crippen LogP contribution is -2.22. The molecule has 0 aliphatic rings. The van der Waals surface area contributed by atoms with Crippen LogP contribution in [0.2, 0.25) is 0 Å². The summed E-state index contributed by atoms with van der Waals surface area (Å²) in [5.41, 5.74) is 1.40. The van der Waals surface area contributed by atoms with Crippen LogP contribution >= 0.6 is 0 Å². The molecular weight excluding hydrogens is 213 g/mol. The summed E-state index contributed by atoms with van der Waals surface area (Å²) in [7, 11) is 0. The van der Waals surface area contributed by atoms with Crippen LogP contribution in [0, 0.1) is 12.7 Å². The molecule has 1 rings (SSSR count). The average molecular weight is 227 g/mol. The second-order valence-corrected chi connectivity index (χ2v) is 3.59. The van der Waals surface area contributed by atoms with Crippen molar-refractivity contribution in [3.05, 3.63) is 29.6 Å². The van der Waals surface area contributed by atoms with Crippen molar-refractivity contribution in [2.24, 2.45) is 0 Å². The summed E-state index contributed by atoms with van der Waals surface area (Å²) in [6.07, 6.45) is -1.27. The molecule has 1 atom stereocenters. The maximum absolute atomic E-state index is 12.8. The number of hydrogen-bond acceptors (Lipinski definition) is 3. The molecule has 5 heteroatoms. The summed E-state index contributed by atoms with van der Waals surface area (Å²) in [4.78, 5) is 10.3. The number of carboxylic acids is 1. The standard InChI is InChI=1S/C11H14FNO3/c1-7-4-8(12)2-3-10(7)13-6-9(14)5-11(15)16/h2-4,9,13-14H,5-6H2,1H3,(H,15,16). The number of rotatable bonds is 5. The normalized spacial score (nSPS) is 12.2. The molecule has 16 heavy (non-hydrogen) atoms. The van der Waals surface area contributed by atoms with Crippen LogP contribution in [0.4, 0.5) is 10.1 Å². The maximum Gasteiger partial charge on any atom is 0.306 e. The van der Waals surface area contributed by atoms with Crippen LogP contribution in [0.5, 0.6) is 0 Å². The van der Waals surface area contributed by atoms with Crippen LogP contribution in [-0.4, -0.2) is 28.8 Å². The molecule has 0 spiro atoms. The van der Waals surface area contributed by atoms with Crippen molar-refractivity contribution in [3.63, 3.8) is 0 Å². The molecule has 88 valence electrons. The van der Waals surface area contributed by atoms with E-state index in [0.29, 0.717) is 11.3 Å². The number of hydrogen-bond donors (Lipinski definition) is 3. The van der Waals surface area contributed by atoms with Gasteiger partial charge in [0.25, 0.3) is 0 Å². The smallest absolute Gasteiger partial charge is 0.306 e. The first-order chi connectivity index (χ1) is 7.49. The molecule has 0 radical (unpaired) electrons. The van der Waals surface area contributed by atoms with Crippen molar-refractivity contribution < 1.29 is 19.4 Å². The van der Waals surface area contributed by atoms with E-state index < -0.39 is 12.1 Å². The Kier molecular flexibility index (Phi) is 4.25. The van der Waals surface area contributed by atoms with Gasteiger partial charge in [0.2, 0.25) is 0 Å². The van der Waals surface area contributed by atoms with E-state index in [1.807, 2.05) is 0 Å². The van der Waals surface area contributed by atoms with Crippen LogP contribution in [0.15, 0.2) is 18.2 Å². The number of aliphatic carboxylic acids is 1. The van der Waals surface area contributed by atoms with E-state index in [4.69, 9.17) is 5.11 Å². The Balaban J connectivity index is 2.51. The van der Waals surface area contributed by atoms with Crippen molar-refractivity contribution in [3.8, 4) is 0 Å². The SMILES string of the molecule is Cc1cc(F)ccc1NCC(O)CC(=O)O. The summed E-state index contributed by atoms with van der Waals surface area (Å²) < 4.78 is 12.8. The van der Waals surface area contributed by atoms with E-state index in [-0.39, 0.29) is 18.8 Å². The molecule has 0 amide bonds. The molecule has 0 bridgehead atoms. The zero-order chi connectivity index (χ0) is 12.1. The summed E-state index contributed by atoms with van der Waals surface area (Å²) in [5, 5.41) is 20.6. The number of aliphatic hydroxyl groups excluding tert-OH is 1. The molecule has 0 aromatic heterocycles. The number of carboxylic acid groups (broad SMARTS) is 1. The highest BCUT2D eigenvalue weighted by atomic mass is 19.1. The number of halogens is 1. The van der Waals surface area contributed by atoms with E-state index in [9.17, 15) is 14.3 Å². The number of anilines is 1. The Hall–Kier alpha value is -1.62. The Labute approximate surface area is 92.7 Å². The van der Waals surface area contributed by atoms with Gasteiger partial charge in [-0.15, -0.1) is 0 Å². The fourth-order valence-corrected chi connectivity index (χ4v) is 1.33. The monoisotopic (exact) mass is 227 g/mol. The zero-order valence-corrected chi connectivity index (χ0v) is 8.90. The fraction of sp³-hybridized carbons (Fsp3) is 0.364. The van der Waals surface area contributed by atoms with Gasteiger partial charge in [0, 0.05) is 12.2 Å². The lowest BCUT2D eigenvalue weighted by molar-refractivity contribution is -0.138. The summed E-state index contributed by atoms with van der Waals surface area (Å²) >= 11 is 0. The van der Waals surface area contributed by atoms with E-state index in [1.165, 1.54) is 12.1 Å². The largest absolute Gasteiger partial charge is 0.481 e. The van der Waals surface area contributed by atoms with Gasteiger partial charge in [-0.3, -0.25) is 4.79 Å². The van der Waals surface area contributed by atoms with Gasteiger partial charge in [0.1, 0.15) is 5.82 Å². The Bertz CT molecular complexity index is 381. The van der Waals surface area contributed by atoms with E-state index in [1.54, 1.807) is 13.0 Å². The van der Waals surface area contributed by atoms with Gasteiger partial charge >= 0.3 is 5.97 Å². The van der Waals surface area contributed by atoms with Gasteiger partial charge in [-0.05, 0) is 30.7 Å². The minimum atomic E-state index is -1.05. The first-order valence-corrected chi connectivity index (χ1v) is 4.89. The van der Waals surface area contributed by atoms with Crippen LogP contribution in [0.25, 0.3) is 0 Å². The van der Waals surface area contributed by atoms with Gasteiger partial charge in [0.15, 0.2) is 0 Å². The number of aryl methyl sites for hydroxylation is 1. The van der Waals surface area contributed by atoms with Crippen LogP contribution in [-0.2, 0) is 4.79 Å². The van der Waals surface area contributed by atoms with E-state index in [0.717, 1.165) is 0 Å². The highest BCUT2D eigenvalue weighted by Gasteiger charge is 2.09. The first-order valence-electron chi connectivity index (χ1n) is 4.89. The van der Waals surface area contributed by atoms with Gasteiger partial charge < -0.3 is 15.5 Å². The van der Waals surface area contributed by atoms with Gasteiger partial charge in [-0.2, -0.15) is 0 Å². The molecule has 0 saturated carbocycles. The lowest BCUT2D eigenvalue weighted by atomic mass is 10.2. The van der Waals surface area contributed by atoms with Gasteiger partial charge in [-0.1, -0.05) is 0 Å². The number of aliphatic hydroxyl groups is 1. The Morgan fingerprint density at radius 2 is 2.25 bits per heavy atom. The Morgan fingerprint density at radius 1 is 1.56 bits per heavy atom. The lowest BCUT2D eigenvalue weighted by Gasteiger charge is -2.12. The molecular formula is C11H14FNO3. The van der Waals surface area contributed by atoms with Crippen molar-refractivity contribution in [2.45, 2.75) is 19.4 Å². The quantitative estimate of drug-likeness (QED) is 0.710. The van der Waals surface area contributed by atoms with Crippen LogP contribution < -0.4 is 5.32 Å². The summed E-state index contributed by atoms with van der Waals surface area (Å²) in [5.74, 6) is -1.38. The summed E-state index contributed by atoms with van der Waals surface area (Å²) in [6.45, 7) is 1.85. The molecule has 3 N–H and O–H groups in total. The number of nitrogens with one attached hydrogen (secondary N) is 1. The fourth-order valence-electron chi connectivity index (χ4n) is 1.33. The third-order valence-electron chi connectivity index (χ3n) is 2.13. The van der Waals surface area contributed by atoms with Gasteiger partial charge in [-0.25, -0.2) is 4.39 Å². The maximum atomic E-state index is 12.8. The van der Waals surface area contributed by atoms with Crippen LogP contribution in [0.3, 0.4) is 0 Å². The highest BCUT2D eigenvalue weighted by molar-refractivity contribution is 5.67. The van der Waals surface area contributed by atoms with Gasteiger partial charge in [0.05, 0.1) is 12.5 Å². The second-order valence-electron chi connectivity index (χ2n) is 3.59. The minimum absolute atomic E-state index is 0.124. The predicted octanol–water partition coefficient (Wildman–Crippen LogP) is 1.38. The molecule has 0 saturated heterocycles. The first kappa shape index (κ1) is 12.4. The highest BCUT2D eigenvalue weighted by Crippen LogP contribution is 2.15. The second kappa shape index (κ2) is 5.46. The molecule has 1 unspecified atom stereocenters. The number of benzene rings is 1. The minimum Gasteiger partial charge on any atom is -0.481 e. The molecule has 4 nitrogen and oxygen atoms in total. The molecule has 0 aliphatic carbocycles. The van der Waals surface area contributed by atoms with Crippen molar-refractivity contribution in [1.82, 2.24) is 0 Å². The van der Waals surface area contributed by atoms with E-state index >= 15 is 0 Å². The number of carbonyl (C=O) groups is 1. The Morgan fingerprint density at radius 3 is 2.81 bits per heavy atom. The molecule has 1 aromatic rings. The topological polar surface area (TPSA) is 69.6 Å². The molecule has 1 aromatic carbocycles. The average Bonchev–Trinajstić information content (AvgIpc) is 2.15. The van der Waals surface area contributed by atoms with E-state index in [2.05, 4.69) is 5.32 Å².